The third-order valence-corrected chi connectivity index (χ3v) is 4.74. The van der Waals surface area contributed by atoms with Crippen LogP contribution in [0.5, 0.6) is 0 Å². The quantitative estimate of drug-likeness (QED) is 0.730. The highest BCUT2D eigenvalue weighted by Crippen LogP contribution is 2.18. The molecule has 0 aliphatic heterocycles. The molecule has 140 valence electrons. The van der Waals surface area contributed by atoms with Crippen LogP contribution in [0.15, 0.2) is 59.4 Å². The van der Waals surface area contributed by atoms with Gasteiger partial charge in [0.15, 0.2) is 0 Å². The molecule has 1 aromatic heterocycles. The van der Waals surface area contributed by atoms with E-state index in [4.69, 9.17) is 0 Å². The second-order valence-electron chi connectivity index (χ2n) is 6.79. The van der Waals surface area contributed by atoms with Crippen LogP contribution in [-0.2, 0) is 11.3 Å². The second-order valence-corrected chi connectivity index (χ2v) is 6.79. The Bertz CT molecular complexity index is 984. The fourth-order valence-electron chi connectivity index (χ4n) is 3.03. The summed E-state index contributed by atoms with van der Waals surface area (Å²) in [6.07, 6.45) is 0. The number of benzene rings is 2. The molecule has 27 heavy (non-hydrogen) atoms. The number of para-hydroxylation sites is 1. The Balaban J connectivity index is 1.66. The van der Waals surface area contributed by atoms with Gasteiger partial charge in [0.25, 0.3) is 5.56 Å². The molecule has 1 amide bonds. The molecule has 0 aliphatic carbocycles. The van der Waals surface area contributed by atoms with E-state index in [1.165, 1.54) is 0 Å². The highest BCUT2D eigenvalue weighted by atomic mass is 16.2. The Hall–Kier alpha value is -2.99. The summed E-state index contributed by atoms with van der Waals surface area (Å²) >= 11 is 0. The van der Waals surface area contributed by atoms with Crippen LogP contribution >= 0.6 is 0 Å². The number of carbonyl (C=O) groups is 1. The minimum Gasteiger partial charge on any atom is -0.338 e. The lowest BCUT2D eigenvalue weighted by Crippen LogP contribution is -2.38. The summed E-state index contributed by atoms with van der Waals surface area (Å²) in [5, 5.41) is 0.566. The van der Waals surface area contributed by atoms with Crippen LogP contribution in [-0.4, -0.2) is 46.3 Å². The first-order valence-corrected chi connectivity index (χ1v) is 8.93. The SMILES string of the molecule is C[C@@H](c1ccccc1)N(C)C(=O)CN(C)Cc1nc2ccccc2c(=O)[nH]1. The molecule has 1 N–H and O–H groups in total. The third-order valence-electron chi connectivity index (χ3n) is 4.74. The summed E-state index contributed by atoms with van der Waals surface area (Å²) in [7, 11) is 3.65. The van der Waals surface area contributed by atoms with E-state index in [2.05, 4.69) is 9.97 Å². The average Bonchev–Trinajstić information content (AvgIpc) is 2.67. The second kappa shape index (κ2) is 8.14. The molecular weight excluding hydrogens is 340 g/mol. The monoisotopic (exact) mass is 364 g/mol. The van der Waals surface area contributed by atoms with Crippen molar-refractivity contribution < 1.29 is 4.79 Å². The van der Waals surface area contributed by atoms with E-state index in [9.17, 15) is 9.59 Å². The Morgan fingerprint density at radius 1 is 1.07 bits per heavy atom. The highest BCUT2D eigenvalue weighted by Gasteiger charge is 2.19. The van der Waals surface area contributed by atoms with Gasteiger partial charge in [-0.25, -0.2) is 4.98 Å². The normalized spacial score (nSPS) is 12.3. The number of H-pyrrole nitrogens is 1. The number of aromatic nitrogens is 2. The number of hydrogen-bond acceptors (Lipinski definition) is 4. The first-order chi connectivity index (χ1) is 13.0. The predicted molar refractivity (Wildman–Crippen MR) is 106 cm³/mol. The van der Waals surface area contributed by atoms with Crippen molar-refractivity contribution >= 4 is 16.8 Å². The summed E-state index contributed by atoms with van der Waals surface area (Å²) in [4.78, 5) is 35.7. The number of rotatable bonds is 6. The van der Waals surface area contributed by atoms with Crippen molar-refractivity contribution in [2.75, 3.05) is 20.6 Å². The van der Waals surface area contributed by atoms with Crippen LogP contribution in [0.25, 0.3) is 10.9 Å². The molecule has 0 saturated carbocycles. The van der Waals surface area contributed by atoms with Crippen LogP contribution in [0.3, 0.4) is 0 Å². The van der Waals surface area contributed by atoms with Crippen molar-refractivity contribution in [3.63, 3.8) is 0 Å². The van der Waals surface area contributed by atoms with Gasteiger partial charge in [0.05, 0.1) is 30.0 Å². The van der Waals surface area contributed by atoms with Crippen molar-refractivity contribution in [2.45, 2.75) is 19.5 Å². The Morgan fingerprint density at radius 2 is 1.74 bits per heavy atom. The molecule has 1 atom stereocenters. The van der Waals surface area contributed by atoms with Crippen LogP contribution < -0.4 is 5.56 Å². The number of nitrogens with one attached hydrogen (secondary N) is 1. The molecule has 6 nitrogen and oxygen atoms in total. The zero-order valence-corrected chi connectivity index (χ0v) is 15.8. The van der Waals surface area contributed by atoms with Crippen molar-refractivity contribution in [1.29, 1.82) is 0 Å². The van der Waals surface area contributed by atoms with Crippen LogP contribution in [0.2, 0.25) is 0 Å². The maximum Gasteiger partial charge on any atom is 0.258 e. The van der Waals surface area contributed by atoms with E-state index in [0.717, 1.165) is 5.56 Å². The molecule has 3 rings (SSSR count). The van der Waals surface area contributed by atoms with Gasteiger partial charge in [-0.2, -0.15) is 0 Å². The van der Waals surface area contributed by atoms with Crippen LogP contribution in [0.1, 0.15) is 24.4 Å². The molecular formula is C21H24N4O2. The summed E-state index contributed by atoms with van der Waals surface area (Å²) in [6.45, 7) is 2.64. The van der Waals surface area contributed by atoms with Gasteiger partial charge in [0, 0.05) is 7.05 Å². The standard InChI is InChI=1S/C21H24N4O2/c1-15(16-9-5-4-6-10-16)25(3)20(26)14-24(2)13-19-22-18-12-8-7-11-17(18)21(27)23-19/h4-12,15H,13-14H2,1-3H3,(H,22,23,27)/t15-/m0/s1. The van der Waals surface area contributed by atoms with Gasteiger partial charge in [-0.3, -0.25) is 14.5 Å². The van der Waals surface area contributed by atoms with Crippen LogP contribution in [0.4, 0.5) is 0 Å². The minimum atomic E-state index is -0.162. The molecule has 0 unspecified atom stereocenters. The number of carbonyl (C=O) groups excluding carboxylic acids is 1. The number of nitrogens with zero attached hydrogens (tertiary/aromatic N) is 3. The lowest BCUT2D eigenvalue weighted by Gasteiger charge is -2.27. The Kier molecular flexibility index (Phi) is 5.66. The minimum absolute atomic E-state index is 0.00861. The number of hydrogen-bond donors (Lipinski definition) is 1. The van der Waals surface area contributed by atoms with Crippen molar-refractivity contribution in [1.82, 2.24) is 19.8 Å². The molecule has 0 bridgehead atoms. The average molecular weight is 364 g/mol. The van der Waals surface area contributed by atoms with Gasteiger partial charge in [-0.15, -0.1) is 0 Å². The van der Waals surface area contributed by atoms with E-state index in [0.29, 0.717) is 23.3 Å². The van der Waals surface area contributed by atoms with Gasteiger partial charge in [0.1, 0.15) is 5.82 Å². The molecule has 2 aromatic carbocycles. The van der Waals surface area contributed by atoms with Gasteiger partial charge in [0.2, 0.25) is 5.91 Å². The van der Waals surface area contributed by atoms with E-state index < -0.39 is 0 Å². The topological polar surface area (TPSA) is 69.3 Å². The number of likely N-dealkylation sites (N-methyl/N-ethyl adjacent to an activating group) is 2. The molecule has 0 radical (unpaired) electrons. The van der Waals surface area contributed by atoms with Gasteiger partial charge < -0.3 is 9.88 Å². The number of aromatic amines is 1. The smallest absolute Gasteiger partial charge is 0.258 e. The molecule has 6 heteroatoms. The molecule has 0 aliphatic rings. The Morgan fingerprint density at radius 3 is 2.48 bits per heavy atom. The van der Waals surface area contributed by atoms with E-state index in [1.54, 1.807) is 11.0 Å². The van der Waals surface area contributed by atoms with E-state index >= 15 is 0 Å². The van der Waals surface area contributed by atoms with Gasteiger partial charge in [-0.1, -0.05) is 42.5 Å². The first-order valence-electron chi connectivity index (χ1n) is 8.93. The molecule has 3 aromatic rings. The number of fused-ring (bicyclic) bond motifs is 1. The molecule has 0 saturated heterocycles. The van der Waals surface area contributed by atoms with Crippen molar-refractivity contribution in [3.8, 4) is 0 Å². The zero-order chi connectivity index (χ0) is 19.4. The van der Waals surface area contributed by atoms with Gasteiger partial charge in [-0.05, 0) is 31.7 Å². The van der Waals surface area contributed by atoms with Crippen LogP contribution in [0, 0.1) is 0 Å². The highest BCUT2D eigenvalue weighted by molar-refractivity contribution is 5.78. The Labute approximate surface area is 158 Å². The first kappa shape index (κ1) is 18.8. The lowest BCUT2D eigenvalue weighted by atomic mass is 10.1. The molecule has 0 fully saturated rings. The summed E-state index contributed by atoms with van der Waals surface area (Å²) in [5.41, 5.74) is 1.59. The zero-order valence-electron chi connectivity index (χ0n) is 15.8. The van der Waals surface area contributed by atoms with E-state index in [1.807, 2.05) is 74.4 Å². The maximum absolute atomic E-state index is 12.6. The summed E-state index contributed by atoms with van der Waals surface area (Å²) < 4.78 is 0. The number of amides is 1. The van der Waals surface area contributed by atoms with Gasteiger partial charge >= 0.3 is 0 Å². The molecule has 1 heterocycles. The van der Waals surface area contributed by atoms with Crippen molar-refractivity contribution in [2.24, 2.45) is 0 Å². The lowest BCUT2D eigenvalue weighted by molar-refractivity contribution is -0.132. The third kappa shape index (κ3) is 4.41. The predicted octanol–water partition coefficient (Wildman–Crippen LogP) is 2.57. The van der Waals surface area contributed by atoms with E-state index in [-0.39, 0.29) is 24.1 Å². The largest absolute Gasteiger partial charge is 0.338 e. The summed E-state index contributed by atoms with van der Waals surface area (Å²) in [6, 6.07) is 17.2. The fraction of sp³-hybridized carbons (Fsp3) is 0.286. The maximum atomic E-state index is 12.6. The summed E-state index contributed by atoms with van der Waals surface area (Å²) in [5.74, 6) is 0.560. The molecule has 0 spiro atoms. The van der Waals surface area contributed by atoms with Crippen molar-refractivity contribution in [3.05, 3.63) is 76.3 Å². The fourth-order valence-corrected chi connectivity index (χ4v) is 3.03.